The first-order valence-corrected chi connectivity index (χ1v) is 6.76. The van der Waals surface area contributed by atoms with Crippen molar-refractivity contribution in [2.24, 2.45) is 0 Å². The fourth-order valence-electron chi connectivity index (χ4n) is 1.82. The minimum Gasteiger partial charge on any atom is -0.465 e. The molecule has 106 valence electrons. The molecular formula is C14H15FN2O2S. The van der Waals surface area contributed by atoms with Crippen LogP contribution in [0.2, 0.25) is 0 Å². The normalized spacial score (nSPS) is 10.3. The summed E-state index contributed by atoms with van der Waals surface area (Å²) in [5, 5.41) is 0.826. The van der Waals surface area contributed by atoms with Crippen LogP contribution in [-0.2, 0) is 11.3 Å². The van der Waals surface area contributed by atoms with Gasteiger partial charge in [-0.25, -0.2) is 9.18 Å². The first-order chi connectivity index (χ1) is 9.51. The summed E-state index contributed by atoms with van der Waals surface area (Å²) in [6.07, 6.45) is 0. The van der Waals surface area contributed by atoms with Gasteiger partial charge in [-0.1, -0.05) is 12.1 Å². The molecule has 1 aromatic carbocycles. The van der Waals surface area contributed by atoms with Crippen molar-refractivity contribution < 1.29 is 13.9 Å². The van der Waals surface area contributed by atoms with Gasteiger partial charge in [-0.3, -0.25) is 0 Å². The number of methoxy groups -OCH3 is 1. The molecule has 0 bridgehead atoms. The molecule has 4 nitrogen and oxygen atoms in total. The Labute approximate surface area is 120 Å². The Morgan fingerprint density at radius 1 is 1.45 bits per heavy atom. The van der Waals surface area contributed by atoms with Gasteiger partial charge < -0.3 is 15.4 Å². The lowest BCUT2D eigenvalue weighted by atomic mass is 10.2. The SMILES string of the molecule is COC(=O)c1sc(N(C)Cc2cccc(F)c2)cc1N. The Hall–Kier alpha value is -2.08. The molecule has 1 aromatic heterocycles. The van der Waals surface area contributed by atoms with Crippen LogP contribution < -0.4 is 10.6 Å². The highest BCUT2D eigenvalue weighted by molar-refractivity contribution is 7.18. The van der Waals surface area contributed by atoms with Gasteiger partial charge in [-0.15, -0.1) is 11.3 Å². The van der Waals surface area contributed by atoms with E-state index in [1.807, 2.05) is 18.0 Å². The molecular weight excluding hydrogens is 279 g/mol. The minimum atomic E-state index is -0.446. The molecule has 2 N–H and O–H groups in total. The Kier molecular flexibility index (Phi) is 4.24. The molecule has 0 aliphatic heterocycles. The van der Waals surface area contributed by atoms with E-state index in [0.717, 1.165) is 10.6 Å². The summed E-state index contributed by atoms with van der Waals surface area (Å²) in [6, 6.07) is 8.12. The average molecular weight is 294 g/mol. The summed E-state index contributed by atoms with van der Waals surface area (Å²) in [4.78, 5) is 13.8. The largest absolute Gasteiger partial charge is 0.465 e. The van der Waals surface area contributed by atoms with Crippen molar-refractivity contribution >= 4 is 28.0 Å². The molecule has 0 unspecified atom stereocenters. The van der Waals surface area contributed by atoms with Crippen molar-refractivity contribution in [1.82, 2.24) is 0 Å². The molecule has 20 heavy (non-hydrogen) atoms. The molecule has 0 aliphatic rings. The number of halogens is 1. The Balaban J connectivity index is 2.17. The van der Waals surface area contributed by atoms with E-state index in [9.17, 15) is 9.18 Å². The number of carbonyl (C=O) groups excluding carboxylic acids is 1. The molecule has 0 amide bonds. The van der Waals surface area contributed by atoms with Crippen LogP contribution in [0.3, 0.4) is 0 Å². The minimum absolute atomic E-state index is 0.267. The summed E-state index contributed by atoms with van der Waals surface area (Å²) in [5.74, 6) is -0.713. The average Bonchev–Trinajstić information content (AvgIpc) is 2.80. The fourth-order valence-corrected chi connectivity index (χ4v) is 2.78. The van der Waals surface area contributed by atoms with Gasteiger partial charge in [0, 0.05) is 13.6 Å². The first kappa shape index (κ1) is 14.3. The standard InChI is InChI=1S/C14H15FN2O2S/c1-17(8-9-4-3-5-10(15)6-9)12-7-11(16)13(20-12)14(18)19-2/h3-7H,8,16H2,1-2H3. The van der Waals surface area contributed by atoms with E-state index in [1.54, 1.807) is 12.1 Å². The topological polar surface area (TPSA) is 55.6 Å². The van der Waals surface area contributed by atoms with E-state index >= 15 is 0 Å². The lowest BCUT2D eigenvalue weighted by Crippen LogP contribution is -2.15. The quantitative estimate of drug-likeness (QED) is 0.881. The first-order valence-electron chi connectivity index (χ1n) is 5.94. The van der Waals surface area contributed by atoms with E-state index in [1.165, 1.54) is 30.6 Å². The van der Waals surface area contributed by atoms with E-state index < -0.39 is 5.97 Å². The monoisotopic (exact) mass is 294 g/mol. The van der Waals surface area contributed by atoms with E-state index in [-0.39, 0.29) is 5.82 Å². The van der Waals surface area contributed by atoms with Crippen LogP contribution in [0.15, 0.2) is 30.3 Å². The second kappa shape index (κ2) is 5.92. The van der Waals surface area contributed by atoms with Crippen molar-refractivity contribution in [1.29, 1.82) is 0 Å². The summed E-state index contributed by atoms with van der Waals surface area (Å²) in [7, 11) is 3.18. The van der Waals surface area contributed by atoms with E-state index in [0.29, 0.717) is 17.1 Å². The molecule has 2 rings (SSSR count). The second-order valence-electron chi connectivity index (χ2n) is 4.35. The van der Waals surface area contributed by atoms with Crippen molar-refractivity contribution in [2.45, 2.75) is 6.54 Å². The number of thiophene rings is 1. The van der Waals surface area contributed by atoms with Crippen molar-refractivity contribution in [3.63, 3.8) is 0 Å². The fraction of sp³-hybridized carbons (Fsp3) is 0.214. The molecule has 0 spiro atoms. The number of ether oxygens (including phenoxy) is 1. The third-order valence-electron chi connectivity index (χ3n) is 2.80. The number of nitrogens with zero attached hydrogens (tertiary/aromatic N) is 1. The summed E-state index contributed by atoms with van der Waals surface area (Å²) in [5.41, 5.74) is 7.03. The van der Waals surface area contributed by atoms with Crippen molar-refractivity contribution in [3.05, 3.63) is 46.6 Å². The maximum Gasteiger partial charge on any atom is 0.350 e. The maximum absolute atomic E-state index is 13.1. The third-order valence-corrected chi connectivity index (χ3v) is 4.05. The number of carbonyl (C=O) groups is 1. The van der Waals surface area contributed by atoms with Crippen LogP contribution in [0.5, 0.6) is 0 Å². The highest BCUT2D eigenvalue weighted by Gasteiger charge is 2.16. The lowest BCUT2D eigenvalue weighted by Gasteiger charge is -2.16. The number of anilines is 2. The second-order valence-corrected chi connectivity index (χ2v) is 5.38. The van der Waals surface area contributed by atoms with Gasteiger partial charge in [0.05, 0.1) is 17.8 Å². The predicted molar refractivity (Wildman–Crippen MR) is 78.6 cm³/mol. The summed E-state index contributed by atoms with van der Waals surface area (Å²) >= 11 is 1.26. The molecule has 1 heterocycles. The zero-order valence-corrected chi connectivity index (χ0v) is 12.0. The third kappa shape index (κ3) is 3.08. The molecule has 0 radical (unpaired) electrons. The summed E-state index contributed by atoms with van der Waals surface area (Å²) < 4.78 is 17.8. The van der Waals surface area contributed by atoms with Crippen LogP contribution in [0.25, 0.3) is 0 Å². The highest BCUT2D eigenvalue weighted by atomic mass is 32.1. The number of rotatable bonds is 4. The van der Waals surface area contributed by atoms with Crippen LogP contribution in [0.1, 0.15) is 15.2 Å². The number of benzene rings is 1. The zero-order chi connectivity index (χ0) is 14.7. The number of esters is 1. The highest BCUT2D eigenvalue weighted by Crippen LogP contribution is 2.32. The molecule has 0 fully saturated rings. The van der Waals surface area contributed by atoms with E-state index in [4.69, 9.17) is 5.73 Å². The van der Waals surface area contributed by atoms with Crippen molar-refractivity contribution in [3.8, 4) is 0 Å². The smallest absolute Gasteiger partial charge is 0.350 e. The van der Waals surface area contributed by atoms with Crippen LogP contribution in [0, 0.1) is 5.82 Å². The molecule has 0 saturated heterocycles. The molecule has 2 aromatic rings. The van der Waals surface area contributed by atoms with Crippen LogP contribution >= 0.6 is 11.3 Å². The van der Waals surface area contributed by atoms with Gasteiger partial charge in [0.1, 0.15) is 10.7 Å². The van der Waals surface area contributed by atoms with Gasteiger partial charge in [0.25, 0.3) is 0 Å². The van der Waals surface area contributed by atoms with Gasteiger partial charge in [0.15, 0.2) is 0 Å². The van der Waals surface area contributed by atoms with Crippen LogP contribution in [0.4, 0.5) is 15.1 Å². The number of hydrogen-bond donors (Lipinski definition) is 1. The molecule has 0 atom stereocenters. The van der Waals surface area contributed by atoms with Gasteiger partial charge in [-0.05, 0) is 23.8 Å². The lowest BCUT2D eigenvalue weighted by molar-refractivity contribution is 0.0607. The van der Waals surface area contributed by atoms with Gasteiger partial charge in [-0.2, -0.15) is 0 Å². The Morgan fingerprint density at radius 3 is 2.85 bits per heavy atom. The number of nitrogens with two attached hydrogens (primary N) is 1. The Bertz CT molecular complexity index is 627. The van der Waals surface area contributed by atoms with Crippen LogP contribution in [-0.4, -0.2) is 20.1 Å². The Morgan fingerprint density at radius 2 is 2.20 bits per heavy atom. The summed E-state index contributed by atoms with van der Waals surface area (Å²) in [6.45, 7) is 0.526. The van der Waals surface area contributed by atoms with Gasteiger partial charge >= 0.3 is 5.97 Å². The number of hydrogen-bond acceptors (Lipinski definition) is 5. The van der Waals surface area contributed by atoms with E-state index in [2.05, 4.69) is 4.74 Å². The van der Waals surface area contributed by atoms with Crippen molar-refractivity contribution in [2.75, 3.05) is 24.8 Å². The zero-order valence-electron chi connectivity index (χ0n) is 11.2. The predicted octanol–water partition coefficient (Wildman–Crippen LogP) is 2.89. The molecule has 0 saturated carbocycles. The number of nitrogen functional groups attached to an aromatic ring is 1. The van der Waals surface area contributed by atoms with Gasteiger partial charge in [0.2, 0.25) is 0 Å². The maximum atomic E-state index is 13.1. The molecule has 6 heteroatoms. The molecule has 0 aliphatic carbocycles.